The normalized spacial score (nSPS) is 12.0. The number of imidazole rings is 1. The zero-order chi connectivity index (χ0) is 15.4. The van der Waals surface area contributed by atoms with Crippen LogP contribution in [0.25, 0.3) is 5.69 Å². The molecule has 1 amide bonds. The second kappa shape index (κ2) is 6.23. The van der Waals surface area contributed by atoms with Crippen LogP contribution in [0.3, 0.4) is 0 Å². The highest BCUT2D eigenvalue weighted by Gasteiger charge is 2.15. The Balaban J connectivity index is 1.67. The smallest absolute Gasteiger partial charge is 0.241 e. The summed E-state index contributed by atoms with van der Waals surface area (Å²) in [5.74, 6) is -0.243. The van der Waals surface area contributed by atoms with Crippen molar-refractivity contribution in [3.63, 3.8) is 0 Å². The van der Waals surface area contributed by atoms with Gasteiger partial charge in [0.15, 0.2) is 0 Å². The molecule has 0 aliphatic rings. The molecule has 0 aliphatic carbocycles. The van der Waals surface area contributed by atoms with E-state index in [9.17, 15) is 4.79 Å². The van der Waals surface area contributed by atoms with E-state index in [-0.39, 0.29) is 5.91 Å². The molecule has 0 unspecified atom stereocenters. The minimum absolute atomic E-state index is 0.243. The van der Waals surface area contributed by atoms with Crippen molar-refractivity contribution < 1.29 is 4.79 Å². The van der Waals surface area contributed by atoms with Crippen molar-refractivity contribution in [2.45, 2.75) is 12.5 Å². The van der Waals surface area contributed by atoms with Gasteiger partial charge in [-0.05, 0) is 24.3 Å². The number of aromatic amines is 1. The molecule has 3 aromatic rings. The first-order valence-electron chi connectivity index (χ1n) is 6.86. The van der Waals surface area contributed by atoms with Crippen molar-refractivity contribution in [3.05, 3.63) is 60.9 Å². The van der Waals surface area contributed by atoms with Crippen molar-refractivity contribution in [2.24, 2.45) is 5.73 Å². The number of benzene rings is 1. The number of nitrogens with zero attached hydrogens (tertiary/aromatic N) is 3. The summed E-state index contributed by atoms with van der Waals surface area (Å²) in [6.45, 7) is 0. The van der Waals surface area contributed by atoms with Gasteiger partial charge < -0.3 is 16.0 Å². The number of rotatable bonds is 5. The fourth-order valence-corrected chi connectivity index (χ4v) is 2.11. The van der Waals surface area contributed by atoms with Gasteiger partial charge in [0.25, 0.3) is 0 Å². The molecular weight excluding hydrogens is 280 g/mol. The number of H-pyrrole nitrogens is 1. The van der Waals surface area contributed by atoms with Gasteiger partial charge in [-0.15, -0.1) is 0 Å². The molecule has 1 atom stereocenters. The highest BCUT2D eigenvalue weighted by Crippen LogP contribution is 2.14. The van der Waals surface area contributed by atoms with Gasteiger partial charge in [0, 0.05) is 36.4 Å². The summed E-state index contributed by atoms with van der Waals surface area (Å²) in [6.07, 6.45) is 7.17. The number of carbonyl (C=O) groups excluding carboxylic acids is 1. The van der Waals surface area contributed by atoms with Crippen LogP contribution in [0.1, 0.15) is 5.69 Å². The number of carbonyl (C=O) groups is 1. The van der Waals surface area contributed by atoms with Gasteiger partial charge in [0.1, 0.15) is 0 Å². The molecule has 0 saturated heterocycles. The summed E-state index contributed by atoms with van der Waals surface area (Å²) >= 11 is 0. The molecule has 0 bridgehead atoms. The van der Waals surface area contributed by atoms with Crippen LogP contribution in [0.4, 0.5) is 5.69 Å². The molecule has 3 rings (SSSR count). The third-order valence-electron chi connectivity index (χ3n) is 3.21. The Morgan fingerprint density at radius 3 is 3.05 bits per heavy atom. The number of nitrogens with two attached hydrogens (primary N) is 1. The van der Waals surface area contributed by atoms with Gasteiger partial charge in [0.2, 0.25) is 5.91 Å². The fourth-order valence-electron chi connectivity index (χ4n) is 2.11. The highest BCUT2D eigenvalue weighted by atomic mass is 16.2. The van der Waals surface area contributed by atoms with E-state index < -0.39 is 6.04 Å². The molecule has 0 spiro atoms. The molecule has 4 N–H and O–H groups in total. The van der Waals surface area contributed by atoms with E-state index in [1.807, 2.05) is 36.5 Å². The lowest BCUT2D eigenvalue weighted by Gasteiger charge is -2.12. The first-order chi connectivity index (χ1) is 10.7. The van der Waals surface area contributed by atoms with E-state index in [1.54, 1.807) is 23.4 Å². The second-order valence-electron chi connectivity index (χ2n) is 4.88. The van der Waals surface area contributed by atoms with Gasteiger partial charge in [-0.25, -0.2) is 9.67 Å². The van der Waals surface area contributed by atoms with E-state index in [1.165, 1.54) is 0 Å². The topological polar surface area (TPSA) is 102 Å². The number of hydrogen-bond donors (Lipinski definition) is 3. The molecule has 0 aliphatic heterocycles. The van der Waals surface area contributed by atoms with Crippen LogP contribution in [-0.4, -0.2) is 31.7 Å². The van der Waals surface area contributed by atoms with E-state index in [2.05, 4.69) is 20.4 Å². The standard InChI is InChI=1S/C15H16N6O/c16-14(8-12-9-17-10-18-12)15(22)20-11-3-1-4-13(7-11)21-6-2-5-19-21/h1-7,9-10,14H,8,16H2,(H,17,18)(H,20,22)/t14-/m0/s1. The van der Waals surface area contributed by atoms with Gasteiger partial charge in [0.05, 0.1) is 18.1 Å². The molecule has 7 nitrogen and oxygen atoms in total. The number of hydrogen-bond acceptors (Lipinski definition) is 4. The van der Waals surface area contributed by atoms with Crippen molar-refractivity contribution >= 4 is 11.6 Å². The summed E-state index contributed by atoms with van der Waals surface area (Å²) in [5, 5.41) is 6.98. The highest BCUT2D eigenvalue weighted by molar-refractivity contribution is 5.95. The van der Waals surface area contributed by atoms with Crippen LogP contribution in [0.5, 0.6) is 0 Å². The predicted molar refractivity (Wildman–Crippen MR) is 82.5 cm³/mol. The van der Waals surface area contributed by atoms with Gasteiger partial charge in [-0.1, -0.05) is 6.07 Å². The van der Waals surface area contributed by atoms with Gasteiger partial charge in [-0.3, -0.25) is 4.79 Å². The summed E-state index contributed by atoms with van der Waals surface area (Å²) in [6, 6.07) is 8.61. The Bertz CT molecular complexity index is 735. The molecule has 0 saturated carbocycles. The Labute approximate surface area is 127 Å². The number of nitrogens with one attached hydrogen (secondary N) is 2. The van der Waals surface area contributed by atoms with Crippen molar-refractivity contribution in [1.29, 1.82) is 0 Å². The number of anilines is 1. The molecule has 0 radical (unpaired) electrons. The minimum Gasteiger partial charge on any atom is -0.348 e. The minimum atomic E-state index is -0.645. The van der Waals surface area contributed by atoms with E-state index in [4.69, 9.17) is 5.73 Å². The van der Waals surface area contributed by atoms with E-state index >= 15 is 0 Å². The van der Waals surface area contributed by atoms with E-state index in [0.29, 0.717) is 12.1 Å². The van der Waals surface area contributed by atoms with Crippen LogP contribution in [0.2, 0.25) is 0 Å². The molecule has 7 heteroatoms. The number of aromatic nitrogens is 4. The van der Waals surface area contributed by atoms with Gasteiger partial charge >= 0.3 is 0 Å². The lowest BCUT2D eigenvalue weighted by atomic mass is 10.1. The monoisotopic (exact) mass is 296 g/mol. The first kappa shape index (κ1) is 14.0. The quantitative estimate of drug-likeness (QED) is 0.656. The van der Waals surface area contributed by atoms with Crippen LogP contribution in [0, 0.1) is 0 Å². The first-order valence-corrected chi connectivity index (χ1v) is 6.86. The lowest BCUT2D eigenvalue weighted by molar-refractivity contribution is -0.117. The Kier molecular flexibility index (Phi) is 3.97. The summed E-state index contributed by atoms with van der Waals surface area (Å²) in [5.41, 5.74) is 8.28. The molecule has 22 heavy (non-hydrogen) atoms. The third-order valence-corrected chi connectivity index (χ3v) is 3.21. The summed E-state index contributed by atoms with van der Waals surface area (Å²) in [4.78, 5) is 19.0. The van der Waals surface area contributed by atoms with E-state index in [0.717, 1.165) is 11.4 Å². The lowest BCUT2D eigenvalue weighted by Crippen LogP contribution is -2.37. The Morgan fingerprint density at radius 1 is 1.41 bits per heavy atom. The molecule has 0 fully saturated rings. The van der Waals surface area contributed by atoms with Crippen LogP contribution < -0.4 is 11.1 Å². The second-order valence-corrected chi connectivity index (χ2v) is 4.88. The maximum Gasteiger partial charge on any atom is 0.241 e. The maximum atomic E-state index is 12.1. The van der Waals surface area contributed by atoms with Crippen molar-refractivity contribution in [2.75, 3.05) is 5.32 Å². The molecule has 2 aromatic heterocycles. The van der Waals surface area contributed by atoms with Crippen LogP contribution in [-0.2, 0) is 11.2 Å². The fraction of sp³-hybridized carbons (Fsp3) is 0.133. The Morgan fingerprint density at radius 2 is 2.32 bits per heavy atom. The average Bonchev–Trinajstić information content (AvgIpc) is 3.21. The predicted octanol–water partition coefficient (Wildman–Crippen LogP) is 1.10. The van der Waals surface area contributed by atoms with Crippen LogP contribution >= 0.6 is 0 Å². The summed E-state index contributed by atoms with van der Waals surface area (Å²) < 4.78 is 1.72. The molecule has 1 aromatic carbocycles. The Hall–Kier alpha value is -2.93. The van der Waals surface area contributed by atoms with Crippen molar-refractivity contribution in [3.8, 4) is 5.69 Å². The average molecular weight is 296 g/mol. The van der Waals surface area contributed by atoms with Crippen LogP contribution in [0.15, 0.2) is 55.2 Å². The molecule has 112 valence electrons. The summed E-state index contributed by atoms with van der Waals surface area (Å²) in [7, 11) is 0. The zero-order valence-corrected chi connectivity index (χ0v) is 11.8. The van der Waals surface area contributed by atoms with Crippen molar-refractivity contribution in [1.82, 2.24) is 19.7 Å². The molecule has 2 heterocycles. The largest absolute Gasteiger partial charge is 0.348 e. The maximum absolute atomic E-state index is 12.1. The third kappa shape index (κ3) is 3.21. The SMILES string of the molecule is N[C@@H](Cc1cnc[nH]1)C(=O)Nc1cccc(-n2cccn2)c1. The van der Waals surface area contributed by atoms with Gasteiger partial charge in [-0.2, -0.15) is 5.10 Å². The molecular formula is C15H16N6O. The zero-order valence-electron chi connectivity index (χ0n) is 11.8. The number of amides is 1.